The van der Waals surface area contributed by atoms with Crippen LogP contribution in [0.1, 0.15) is 19.4 Å². The van der Waals surface area contributed by atoms with Crippen LogP contribution in [-0.4, -0.2) is 58.5 Å². The Morgan fingerprint density at radius 2 is 1.81 bits per heavy atom. The number of carbonyl (C=O) groups is 2. The zero-order chi connectivity index (χ0) is 15.8. The number of rotatable bonds is 7. The van der Waals surface area contributed by atoms with Crippen molar-refractivity contribution in [2.45, 2.75) is 13.8 Å². The van der Waals surface area contributed by atoms with Crippen LogP contribution in [0, 0.1) is 0 Å². The number of aromatic nitrogens is 2. The Hall–Kier alpha value is -2.44. The summed E-state index contributed by atoms with van der Waals surface area (Å²) < 4.78 is 0. The number of carboxylic acid groups (broad SMARTS) is 1. The highest BCUT2D eigenvalue weighted by Crippen LogP contribution is 2.07. The fourth-order valence-corrected chi connectivity index (χ4v) is 1.73. The van der Waals surface area contributed by atoms with Crippen LogP contribution in [-0.2, 0) is 9.59 Å². The Labute approximate surface area is 123 Å². The first-order chi connectivity index (χ1) is 9.97. The standard InChI is InChI=1S/C14H20N4O3/c1-4-18(5-2)12(19)10-17(3)14-15-8-11(9-16-14)6-7-13(20)21/h6-9H,4-5,10H2,1-3H3,(H,20,21)/b7-6+. The molecule has 1 aromatic rings. The van der Waals surface area contributed by atoms with Crippen molar-refractivity contribution in [1.29, 1.82) is 0 Å². The first kappa shape index (κ1) is 16.6. The van der Waals surface area contributed by atoms with Crippen LogP contribution >= 0.6 is 0 Å². The lowest BCUT2D eigenvalue weighted by Crippen LogP contribution is -2.39. The number of carboxylic acids is 1. The Morgan fingerprint density at radius 3 is 2.29 bits per heavy atom. The summed E-state index contributed by atoms with van der Waals surface area (Å²) in [7, 11) is 1.74. The first-order valence-electron chi connectivity index (χ1n) is 6.69. The van der Waals surface area contributed by atoms with Gasteiger partial charge in [0.15, 0.2) is 0 Å². The van der Waals surface area contributed by atoms with E-state index in [4.69, 9.17) is 5.11 Å². The largest absolute Gasteiger partial charge is 0.478 e. The molecule has 114 valence electrons. The molecule has 7 heteroatoms. The topological polar surface area (TPSA) is 86.6 Å². The molecule has 7 nitrogen and oxygen atoms in total. The molecule has 1 heterocycles. The molecule has 0 unspecified atom stereocenters. The average molecular weight is 292 g/mol. The SMILES string of the molecule is CCN(CC)C(=O)CN(C)c1ncc(/C=C/C(=O)O)cn1. The van der Waals surface area contributed by atoms with Gasteiger partial charge in [-0.05, 0) is 19.9 Å². The molecule has 1 aromatic heterocycles. The zero-order valence-electron chi connectivity index (χ0n) is 12.5. The van der Waals surface area contributed by atoms with Crippen molar-refractivity contribution in [3.63, 3.8) is 0 Å². The van der Waals surface area contributed by atoms with E-state index in [2.05, 4.69) is 9.97 Å². The maximum absolute atomic E-state index is 12.0. The number of aliphatic carboxylic acids is 1. The van der Waals surface area contributed by atoms with E-state index in [-0.39, 0.29) is 12.5 Å². The third kappa shape index (κ3) is 5.21. The van der Waals surface area contributed by atoms with Gasteiger partial charge in [-0.3, -0.25) is 4.79 Å². The molecule has 0 fully saturated rings. The van der Waals surface area contributed by atoms with Crippen LogP contribution in [0.4, 0.5) is 5.95 Å². The van der Waals surface area contributed by atoms with Crippen LogP contribution < -0.4 is 4.90 Å². The molecule has 1 N–H and O–H groups in total. The molecule has 0 saturated carbocycles. The van der Waals surface area contributed by atoms with Crippen molar-refractivity contribution in [2.24, 2.45) is 0 Å². The second-order valence-corrected chi connectivity index (χ2v) is 4.41. The molecule has 0 aliphatic carbocycles. The van der Waals surface area contributed by atoms with Gasteiger partial charge in [0.25, 0.3) is 0 Å². The summed E-state index contributed by atoms with van der Waals surface area (Å²) >= 11 is 0. The van der Waals surface area contributed by atoms with E-state index in [1.807, 2.05) is 13.8 Å². The molecule has 0 aromatic carbocycles. The number of anilines is 1. The minimum absolute atomic E-state index is 0.0148. The Kier molecular flexibility index (Phi) is 6.32. The summed E-state index contributed by atoms with van der Waals surface area (Å²) in [5, 5.41) is 8.54. The lowest BCUT2D eigenvalue weighted by molar-refractivity contribution is -0.131. The minimum atomic E-state index is -1.03. The van der Waals surface area contributed by atoms with Gasteiger partial charge in [-0.2, -0.15) is 0 Å². The molecule has 1 rings (SSSR count). The van der Waals surface area contributed by atoms with Crippen molar-refractivity contribution < 1.29 is 14.7 Å². The van der Waals surface area contributed by atoms with Crippen molar-refractivity contribution >= 4 is 23.9 Å². The molecule has 0 atom stereocenters. The summed E-state index contributed by atoms with van der Waals surface area (Å²) in [6, 6.07) is 0. The minimum Gasteiger partial charge on any atom is -0.478 e. The normalized spacial score (nSPS) is 10.6. The molecule has 0 spiro atoms. The number of hydrogen-bond acceptors (Lipinski definition) is 5. The Bertz CT molecular complexity index is 509. The predicted molar refractivity (Wildman–Crippen MR) is 79.9 cm³/mol. The summed E-state index contributed by atoms with van der Waals surface area (Å²) in [5.41, 5.74) is 0.588. The smallest absolute Gasteiger partial charge is 0.328 e. The molecule has 1 amide bonds. The van der Waals surface area contributed by atoms with Gasteiger partial charge in [-0.15, -0.1) is 0 Å². The van der Waals surface area contributed by atoms with Gasteiger partial charge >= 0.3 is 5.97 Å². The first-order valence-corrected chi connectivity index (χ1v) is 6.69. The van der Waals surface area contributed by atoms with Crippen molar-refractivity contribution in [3.05, 3.63) is 24.0 Å². The fraction of sp³-hybridized carbons (Fsp3) is 0.429. The van der Waals surface area contributed by atoms with E-state index in [1.54, 1.807) is 16.8 Å². The second kappa shape index (κ2) is 7.98. The highest BCUT2D eigenvalue weighted by atomic mass is 16.4. The summed E-state index contributed by atoms with van der Waals surface area (Å²) in [5.74, 6) is -0.593. The van der Waals surface area contributed by atoms with Crippen LogP contribution in [0.3, 0.4) is 0 Å². The van der Waals surface area contributed by atoms with Crippen LogP contribution in [0.15, 0.2) is 18.5 Å². The highest BCUT2D eigenvalue weighted by Gasteiger charge is 2.14. The molecule has 0 radical (unpaired) electrons. The summed E-state index contributed by atoms with van der Waals surface area (Å²) in [4.78, 5) is 34.0. The fourth-order valence-electron chi connectivity index (χ4n) is 1.73. The van der Waals surface area contributed by atoms with Crippen LogP contribution in [0.5, 0.6) is 0 Å². The Morgan fingerprint density at radius 1 is 1.24 bits per heavy atom. The van der Waals surface area contributed by atoms with Crippen LogP contribution in [0.25, 0.3) is 6.08 Å². The number of amides is 1. The summed E-state index contributed by atoms with van der Waals surface area (Å²) in [6.45, 7) is 5.40. The Balaban J connectivity index is 2.69. The lowest BCUT2D eigenvalue weighted by Gasteiger charge is -2.23. The van der Waals surface area contributed by atoms with E-state index in [0.29, 0.717) is 24.6 Å². The number of carbonyl (C=O) groups excluding carboxylic acids is 1. The molecular formula is C14H20N4O3. The molecule has 0 bridgehead atoms. The average Bonchev–Trinajstić information content (AvgIpc) is 2.46. The quantitative estimate of drug-likeness (QED) is 0.751. The second-order valence-electron chi connectivity index (χ2n) is 4.41. The lowest BCUT2D eigenvalue weighted by atomic mass is 10.3. The van der Waals surface area contributed by atoms with Crippen LogP contribution in [0.2, 0.25) is 0 Å². The van der Waals surface area contributed by atoms with Crippen molar-refractivity contribution in [1.82, 2.24) is 14.9 Å². The summed E-state index contributed by atoms with van der Waals surface area (Å²) in [6.07, 6.45) is 5.46. The van der Waals surface area contributed by atoms with E-state index >= 15 is 0 Å². The molecule has 0 aliphatic heterocycles. The van der Waals surface area contributed by atoms with E-state index < -0.39 is 5.97 Å². The maximum atomic E-state index is 12.0. The maximum Gasteiger partial charge on any atom is 0.328 e. The highest BCUT2D eigenvalue weighted by molar-refractivity contribution is 5.85. The van der Waals surface area contributed by atoms with E-state index in [1.165, 1.54) is 18.5 Å². The van der Waals surface area contributed by atoms with E-state index in [9.17, 15) is 9.59 Å². The zero-order valence-corrected chi connectivity index (χ0v) is 12.5. The molecular weight excluding hydrogens is 272 g/mol. The van der Waals surface area contributed by atoms with Gasteiger partial charge in [0, 0.05) is 44.2 Å². The van der Waals surface area contributed by atoms with Gasteiger partial charge in [-0.1, -0.05) is 0 Å². The van der Waals surface area contributed by atoms with Gasteiger partial charge in [0.2, 0.25) is 11.9 Å². The molecule has 0 aliphatic rings. The van der Waals surface area contributed by atoms with Gasteiger partial charge in [0.1, 0.15) is 0 Å². The molecule has 21 heavy (non-hydrogen) atoms. The van der Waals surface area contributed by atoms with Gasteiger partial charge < -0.3 is 14.9 Å². The third-order valence-electron chi connectivity index (χ3n) is 2.91. The number of likely N-dealkylation sites (N-methyl/N-ethyl adjacent to an activating group) is 2. The number of nitrogens with zero attached hydrogens (tertiary/aromatic N) is 4. The third-order valence-corrected chi connectivity index (χ3v) is 2.91. The van der Waals surface area contributed by atoms with Crippen molar-refractivity contribution in [2.75, 3.05) is 31.6 Å². The monoisotopic (exact) mass is 292 g/mol. The van der Waals surface area contributed by atoms with Crippen molar-refractivity contribution in [3.8, 4) is 0 Å². The number of hydrogen-bond donors (Lipinski definition) is 1. The molecule has 0 saturated heterocycles. The van der Waals surface area contributed by atoms with E-state index in [0.717, 1.165) is 6.08 Å². The van der Waals surface area contributed by atoms with Gasteiger partial charge in [0.05, 0.1) is 6.54 Å². The predicted octanol–water partition coefficient (Wildman–Crippen LogP) is 0.879. The van der Waals surface area contributed by atoms with Gasteiger partial charge in [-0.25, -0.2) is 14.8 Å².